The van der Waals surface area contributed by atoms with E-state index >= 15 is 0 Å². The van der Waals surface area contributed by atoms with Gasteiger partial charge in [-0.05, 0) is 43.5 Å². The van der Waals surface area contributed by atoms with Crippen molar-refractivity contribution in [1.82, 2.24) is 5.32 Å². The zero-order chi connectivity index (χ0) is 13.7. The molecule has 100 valence electrons. The van der Waals surface area contributed by atoms with Gasteiger partial charge in [-0.25, -0.2) is 0 Å². The summed E-state index contributed by atoms with van der Waals surface area (Å²) in [6.07, 6.45) is 1.17. The fourth-order valence-electron chi connectivity index (χ4n) is 2.33. The molecule has 0 atom stereocenters. The minimum atomic E-state index is 0.942. The number of rotatable bonds is 5. The van der Waals surface area contributed by atoms with Gasteiger partial charge in [-0.1, -0.05) is 60.5 Å². The summed E-state index contributed by atoms with van der Waals surface area (Å²) >= 11 is 0. The van der Waals surface area contributed by atoms with Crippen molar-refractivity contribution < 1.29 is 0 Å². The molecule has 0 radical (unpaired) electrons. The highest BCUT2D eigenvalue weighted by molar-refractivity contribution is 5.68. The summed E-state index contributed by atoms with van der Waals surface area (Å²) in [5.41, 5.74) is 6.68. The van der Waals surface area contributed by atoms with Gasteiger partial charge in [0.05, 0.1) is 0 Å². The molecule has 1 N–H and O–H groups in total. The van der Waals surface area contributed by atoms with Crippen LogP contribution in [0.25, 0.3) is 11.1 Å². The Morgan fingerprint density at radius 1 is 0.947 bits per heavy atom. The SMILES string of the molecule is CCCNCc1ccc(C)cc1-c1cccc(C)c1. The second-order valence-electron chi connectivity index (χ2n) is 5.21. The molecule has 2 aromatic rings. The van der Waals surface area contributed by atoms with Crippen LogP contribution in [0.2, 0.25) is 0 Å². The highest BCUT2D eigenvalue weighted by Crippen LogP contribution is 2.25. The predicted molar refractivity (Wildman–Crippen MR) is 83.3 cm³/mol. The normalized spacial score (nSPS) is 10.7. The number of hydrogen-bond donors (Lipinski definition) is 1. The van der Waals surface area contributed by atoms with Crippen LogP contribution >= 0.6 is 0 Å². The molecule has 0 aliphatic carbocycles. The van der Waals surface area contributed by atoms with Crippen LogP contribution in [0.5, 0.6) is 0 Å². The molecule has 19 heavy (non-hydrogen) atoms. The number of hydrogen-bond acceptors (Lipinski definition) is 1. The third-order valence-electron chi connectivity index (χ3n) is 3.34. The second-order valence-corrected chi connectivity index (χ2v) is 5.21. The number of aryl methyl sites for hydroxylation is 2. The zero-order valence-electron chi connectivity index (χ0n) is 12.2. The van der Waals surface area contributed by atoms with Crippen LogP contribution in [0.15, 0.2) is 42.5 Å². The maximum Gasteiger partial charge on any atom is 0.0211 e. The third-order valence-corrected chi connectivity index (χ3v) is 3.34. The van der Waals surface area contributed by atoms with Crippen molar-refractivity contribution >= 4 is 0 Å². The molecule has 0 fully saturated rings. The van der Waals surface area contributed by atoms with Crippen molar-refractivity contribution in [3.05, 3.63) is 59.2 Å². The van der Waals surface area contributed by atoms with Gasteiger partial charge in [-0.2, -0.15) is 0 Å². The maximum absolute atomic E-state index is 3.50. The molecule has 1 nitrogen and oxygen atoms in total. The van der Waals surface area contributed by atoms with Crippen molar-refractivity contribution in [3.63, 3.8) is 0 Å². The Hall–Kier alpha value is -1.60. The van der Waals surface area contributed by atoms with E-state index in [9.17, 15) is 0 Å². The molecule has 0 bridgehead atoms. The largest absolute Gasteiger partial charge is 0.313 e. The van der Waals surface area contributed by atoms with Gasteiger partial charge >= 0.3 is 0 Å². The molecule has 2 rings (SSSR count). The Balaban J connectivity index is 2.34. The molecule has 0 saturated heterocycles. The molecule has 0 aromatic heterocycles. The second kappa shape index (κ2) is 6.53. The molecule has 0 heterocycles. The van der Waals surface area contributed by atoms with Crippen LogP contribution < -0.4 is 5.32 Å². The van der Waals surface area contributed by atoms with Crippen LogP contribution in [0, 0.1) is 13.8 Å². The summed E-state index contributed by atoms with van der Waals surface area (Å²) in [4.78, 5) is 0. The molecular weight excluding hydrogens is 230 g/mol. The standard InChI is InChI=1S/C18H23N/c1-4-10-19-13-17-9-8-15(3)12-18(17)16-7-5-6-14(2)11-16/h5-9,11-12,19H,4,10,13H2,1-3H3. The first-order chi connectivity index (χ1) is 9.20. The van der Waals surface area contributed by atoms with E-state index < -0.39 is 0 Å². The van der Waals surface area contributed by atoms with Gasteiger partial charge in [0.25, 0.3) is 0 Å². The Morgan fingerprint density at radius 3 is 2.47 bits per heavy atom. The van der Waals surface area contributed by atoms with E-state index in [-0.39, 0.29) is 0 Å². The van der Waals surface area contributed by atoms with Crippen LogP contribution in [-0.4, -0.2) is 6.54 Å². The van der Waals surface area contributed by atoms with E-state index in [4.69, 9.17) is 0 Å². The summed E-state index contributed by atoms with van der Waals surface area (Å²) in [5, 5.41) is 3.50. The van der Waals surface area contributed by atoms with Gasteiger partial charge in [0.1, 0.15) is 0 Å². The molecule has 0 aliphatic rings. The minimum absolute atomic E-state index is 0.942. The average molecular weight is 253 g/mol. The van der Waals surface area contributed by atoms with Crippen LogP contribution in [0.1, 0.15) is 30.0 Å². The molecule has 0 unspecified atom stereocenters. The topological polar surface area (TPSA) is 12.0 Å². The summed E-state index contributed by atoms with van der Waals surface area (Å²) < 4.78 is 0. The lowest BCUT2D eigenvalue weighted by Gasteiger charge is -2.12. The van der Waals surface area contributed by atoms with E-state index in [2.05, 4.69) is 68.6 Å². The lowest BCUT2D eigenvalue weighted by atomic mass is 9.96. The summed E-state index contributed by atoms with van der Waals surface area (Å²) in [6.45, 7) is 8.51. The van der Waals surface area contributed by atoms with Gasteiger partial charge in [0.2, 0.25) is 0 Å². The smallest absolute Gasteiger partial charge is 0.0211 e. The van der Waals surface area contributed by atoms with Crippen LogP contribution in [-0.2, 0) is 6.54 Å². The predicted octanol–water partition coefficient (Wildman–Crippen LogP) is 4.47. The van der Waals surface area contributed by atoms with Crippen molar-refractivity contribution in [2.24, 2.45) is 0 Å². The summed E-state index contributed by atoms with van der Waals surface area (Å²) in [6, 6.07) is 15.5. The maximum atomic E-state index is 3.50. The molecule has 0 amide bonds. The van der Waals surface area contributed by atoms with Gasteiger partial charge in [0, 0.05) is 6.54 Å². The summed E-state index contributed by atoms with van der Waals surface area (Å²) in [7, 11) is 0. The molecule has 2 aromatic carbocycles. The van der Waals surface area contributed by atoms with E-state index in [1.54, 1.807) is 0 Å². The highest BCUT2D eigenvalue weighted by atomic mass is 14.8. The quantitative estimate of drug-likeness (QED) is 0.775. The van der Waals surface area contributed by atoms with E-state index in [1.165, 1.54) is 34.2 Å². The van der Waals surface area contributed by atoms with Gasteiger partial charge in [-0.3, -0.25) is 0 Å². The highest BCUT2D eigenvalue weighted by Gasteiger charge is 2.05. The van der Waals surface area contributed by atoms with Gasteiger partial charge in [-0.15, -0.1) is 0 Å². The Morgan fingerprint density at radius 2 is 1.74 bits per heavy atom. The van der Waals surface area contributed by atoms with Crippen molar-refractivity contribution in [2.45, 2.75) is 33.7 Å². The van der Waals surface area contributed by atoms with E-state index in [1.807, 2.05) is 0 Å². The monoisotopic (exact) mass is 253 g/mol. The lowest BCUT2D eigenvalue weighted by molar-refractivity contribution is 0.676. The Bertz CT molecular complexity index is 543. The zero-order valence-corrected chi connectivity index (χ0v) is 12.2. The average Bonchev–Trinajstić information content (AvgIpc) is 2.40. The van der Waals surface area contributed by atoms with Crippen LogP contribution in [0.3, 0.4) is 0 Å². The van der Waals surface area contributed by atoms with Crippen molar-refractivity contribution in [1.29, 1.82) is 0 Å². The fourth-order valence-corrected chi connectivity index (χ4v) is 2.33. The first-order valence-electron chi connectivity index (χ1n) is 7.08. The summed E-state index contributed by atoms with van der Waals surface area (Å²) in [5.74, 6) is 0. The first-order valence-corrected chi connectivity index (χ1v) is 7.08. The molecular formula is C18H23N. The first kappa shape index (κ1) is 13.8. The van der Waals surface area contributed by atoms with Crippen molar-refractivity contribution in [3.8, 4) is 11.1 Å². The number of nitrogens with one attached hydrogen (secondary N) is 1. The van der Waals surface area contributed by atoms with Crippen molar-refractivity contribution in [2.75, 3.05) is 6.54 Å². The number of benzene rings is 2. The lowest BCUT2D eigenvalue weighted by Crippen LogP contribution is -2.14. The van der Waals surface area contributed by atoms with Gasteiger partial charge in [0.15, 0.2) is 0 Å². The van der Waals surface area contributed by atoms with Gasteiger partial charge < -0.3 is 5.32 Å². The van der Waals surface area contributed by atoms with E-state index in [0.29, 0.717) is 0 Å². The van der Waals surface area contributed by atoms with E-state index in [0.717, 1.165) is 13.1 Å². The molecule has 0 spiro atoms. The molecule has 1 heteroatoms. The third kappa shape index (κ3) is 3.68. The Kier molecular flexibility index (Phi) is 4.75. The van der Waals surface area contributed by atoms with Crippen LogP contribution in [0.4, 0.5) is 0 Å². The fraction of sp³-hybridized carbons (Fsp3) is 0.333. The molecule has 0 aliphatic heterocycles. The molecule has 0 saturated carbocycles. The minimum Gasteiger partial charge on any atom is -0.313 e. The Labute approximate surface area is 116 Å².